The van der Waals surface area contributed by atoms with Crippen LogP contribution < -0.4 is 10.2 Å². The van der Waals surface area contributed by atoms with E-state index in [0.29, 0.717) is 0 Å². The SMILES string of the molecule is C/C(=C\C=N)c1cc(C)c2ncnc(N3CCc4ccc(NC(=O)C(C)(C)N5CCCC5)cc4C3)c2c1. The molecule has 37 heavy (non-hydrogen) atoms. The van der Waals surface area contributed by atoms with Gasteiger partial charge in [-0.25, -0.2) is 9.97 Å². The van der Waals surface area contributed by atoms with Gasteiger partial charge in [0.25, 0.3) is 0 Å². The smallest absolute Gasteiger partial charge is 0.244 e. The van der Waals surface area contributed by atoms with Crippen LogP contribution in [0.25, 0.3) is 16.5 Å². The molecule has 2 aliphatic heterocycles. The molecular formula is C30H36N6O. The lowest BCUT2D eigenvalue weighted by Gasteiger charge is -2.34. The third kappa shape index (κ3) is 4.88. The minimum Gasteiger partial charge on any atom is -0.351 e. The number of aryl methyl sites for hydroxylation is 1. The van der Waals surface area contributed by atoms with E-state index in [1.807, 2.05) is 32.9 Å². The molecule has 5 rings (SSSR count). The Hall–Kier alpha value is -3.58. The van der Waals surface area contributed by atoms with Gasteiger partial charge >= 0.3 is 0 Å². The number of hydrogen-bond donors (Lipinski definition) is 2. The van der Waals surface area contributed by atoms with Crippen molar-refractivity contribution in [3.63, 3.8) is 0 Å². The molecule has 0 unspecified atom stereocenters. The van der Waals surface area contributed by atoms with Gasteiger partial charge in [-0.3, -0.25) is 9.69 Å². The molecule has 7 nitrogen and oxygen atoms in total. The Kier molecular flexibility index (Phi) is 6.82. The number of hydrogen-bond acceptors (Lipinski definition) is 6. The summed E-state index contributed by atoms with van der Waals surface area (Å²) in [7, 11) is 0. The summed E-state index contributed by atoms with van der Waals surface area (Å²) in [6, 6.07) is 10.6. The summed E-state index contributed by atoms with van der Waals surface area (Å²) in [5, 5.41) is 11.7. The molecule has 3 heterocycles. The van der Waals surface area contributed by atoms with Gasteiger partial charge in [0.05, 0.1) is 11.1 Å². The van der Waals surface area contributed by atoms with E-state index in [2.05, 4.69) is 51.3 Å². The minimum atomic E-state index is -0.530. The van der Waals surface area contributed by atoms with Crippen molar-refractivity contribution in [3.8, 4) is 0 Å². The van der Waals surface area contributed by atoms with E-state index < -0.39 is 5.54 Å². The molecule has 0 spiro atoms. The van der Waals surface area contributed by atoms with Crippen molar-refractivity contribution in [2.24, 2.45) is 0 Å². The summed E-state index contributed by atoms with van der Waals surface area (Å²) < 4.78 is 0. The van der Waals surface area contributed by atoms with E-state index in [-0.39, 0.29) is 5.91 Å². The van der Waals surface area contributed by atoms with Crippen molar-refractivity contribution in [3.05, 3.63) is 65.0 Å². The Labute approximate surface area is 219 Å². The molecule has 192 valence electrons. The summed E-state index contributed by atoms with van der Waals surface area (Å²) in [5.41, 5.74) is 7.00. The minimum absolute atomic E-state index is 0.0418. The van der Waals surface area contributed by atoms with E-state index in [1.165, 1.54) is 17.3 Å². The van der Waals surface area contributed by atoms with Crippen molar-refractivity contribution in [2.75, 3.05) is 29.9 Å². The first-order chi connectivity index (χ1) is 17.8. The summed E-state index contributed by atoms with van der Waals surface area (Å²) in [4.78, 5) is 27.1. The number of fused-ring (bicyclic) bond motifs is 2. The molecule has 0 radical (unpaired) electrons. The average Bonchev–Trinajstić information content (AvgIpc) is 3.44. The highest BCUT2D eigenvalue weighted by molar-refractivity contribution is 5.98. The predicted molar refractivity (Wildman–Crippen MR) is 151 cm³/mol. The second kappa shape index (κ2) is 10.1. The third-order valence-corrected chi connectivity index (χ3v) is 7.93. The number of likely N-dealkylation sites (tertiary alicyclic amines) is 1. The molecule has 1 saturated heterocycles. The van der Waals surface area contributed by atoms with Crippen LogP contribution in [0.15, 0.2) is 42.7 Å². The Balaban J connectivity index is 1.42. The molecule has 0 saturated carbocycles. The van der Waals surface area contributed by atoms with Gasteiger partial charge in [0, 0.05) is 30.4 Å². The number of carbonyl (C=O) groups is 1. The van der Waals surface area contributed by atoms with Crippen molar-refractivity contribution in [1.82, 2.24) is 14.9 Å². The number of aromatic nitrogens is 2. The Bertz CT molecular complexity index is 1390. The van der Waals surface area contributed by atoms with Crippen LogP contribution in [0.3, 0.4) is 0 Å². The summed E-state index contributed by atoms with van der Waals surface area (Å²) in [6.45, 7) is 11.7. The first-order valence-electron chi connectivity index (χ1n) is 13.1. The molecule has 1 aromatic heterocycles. The predicted octanol–water partition coefficient (Wildman–Crippen LogP) is 5.37. The summed E-state index contributed by atoms with van der Waals surface area (Å²) in [5.74, 6) is 0.966. The van der Waals surface area contributed by atoms with Crippen molar-refractivity contribution in [2.45, 2.75) is 59.0 Å². The molecule has 0 aliphatic carbocycles. The van der Waals surface area contributed by atoms with Crippen LogP contribution in [-0.4, -0.2) is 52.2 Å². The fourth-order valence-electron chi connectivity index (χ4n) is 5.55. The molecule has 7 heteroatoms. The molecule has 1 amide bonds. The molecule has 3 aromatic rings. The van der Waals surface area contributed by atoms with Crippen LogP contribution in [-0.2, 0) is 17.8 Å². The fraction of sp³-hybridized carbons (Fsp3) is 0.400. The summed E-state index contributed by atoms with van der Waals surface area (Å²) in [6.07, 6.45) is 8.01. The number of allylic oxidation sites excluding steroid dienone is 2. The normalized spacial score (nSPS) is 16.6. The molecule has 2 aliphatic rings. The van der Waals surface area contributed by atoms with Crippen LogP contribution in [0.5, 0.6) is 0 Å². The molecule has 0 atom stereocenters. The Morgan fingerprint density at radius 1 is 1.08 bits per heavy atom. The quantitative estimate of drug-likeness (QED) is 0.449. The monoisotopic (exact) mass is 496 g/mol. The van der Waals surface area contributed by atoms with E-state index in [1.54, 1.807) is 6.33 Å². The largest absolute Gasteiger partial charge is 0.351 e. The third-order valence-electron chi connectivity index (χ3n) is 7.93. The Morgan fingerprint density at radius 3 is 2.62 bits per heavy atom. The maximum Gasteiger partial charge on any atom is 0.244 e. The van der Waals surface area contributed by atoms with Gasteiger partial charge in [-0.05, 0) is 118 Å². The highest BCUT2D eigenvalue weighted by atomic mass is 16.2. The van der Waals surface area contributed by atoms with Gasteiger partial charge in [0.2, 0.25) is 5.91 Å². The molecule has 2 aromatic carbocycles. The number of carbonyl (C=O) groups excluding carboxylic acids is 1. The van der Waals surface area contributed by atoms with Crippen LogP contribution in [0, 0.1) is 12.3 Å². The average molecular weight is 497 g/mol. The standard InChI is InChI=1S/C30H36N6O/c1-20(9-11-31)23-15-21(2)27-26(17-23)28(33-19-32-27)35-14-10-22-7-8-25(16-24(22)18-35)34-29(37)30(3,4)36-12-5-6-13-36/h7-9,11,15-17,19,31H,5-6,10,12-14,18H2,1-4H3,(H,34,37)/b20-9+,31-11?. The second-order valence-electron chi connectivity index (χ2n) is 10.8. The zero-order chi connectivity index (χ0) is 26.2. The second-order valence-corrected chi connectivity index (χ2v) is 10.8. The van der Waals surface area contributed by atoms with Crippen molar-refractivity contribution in [1.29, 1.82) is 5.41 Å². The van der Waals surface area contributed by atoms with Crippen LogP contribution in [0.4, 0.5) is 11.5 Å². The van der Waals surface area contributed by atoms with E-state index >= 15 is 0 Å². The van der Waals surface area contributed by atoms with Gasteiger partial charge in [-0.15, -0.1) is 0 Å². The van der Waals surface area contributed by atoms with Crippen LogP contribution in [0.1, 0.15) is 55.9 Å². The lowest BCUT2D eigenvalue weighted by molar-refractivity contribution is -0.125. The fourth-order valence-corrected chi connectivity index (χ4v) is 5.55. The molecule has 0 bridgehead atoms. The first kappa shape index (κ1) is 25.1. The number of amides is 1. The van der Waals surface area contributed by atoms with Crippen molar-refractivity contribution >= 4 is 40.1 Å². The van der Waals surface area contributed by atoms with Crippen LogP contribution in [0.2, 0.25) is 0 Å². The topological polar surface area (TPSA) is 85.2 Å². The summed E-state index contributed by atoms with van der Waals surface area (Å²) >= 11 is 0. The van der Waals surface area contributed by atoms with Gasteiger partial charge in [0.1, 0.15) is 12.1 Å². The molecular weight excluding hydrogens is 460 g/mol. The maximum absolute atomic E-state index is 13.2. The van der Waals surface area contributed by atoms with Gasteiger partial charge in [-0.1, -0.05) is 6.07 Å². The molecule has 2 N–H and O–H groups in total. The van der Waals surface area contributed by atoms with Gasteiger partial charge in [0.15, 0.2) is 0 Å². The van der Waals surface area contributed by atoms with Crippen molar-refractivity contribution < 1.29 is 4.79 Å². The van der Waals surface area contributed by atoms with E-state index in [0.717, 1.165) is 84.5 Å². The van der Waals surface area contributed by atoms with E-state index in [4.69, 9.17) is 10.4 Å². The first-order valence-corrected chi connectivity index (χ1v) is 13.1. The number of rotatable bonds is 6. The number of benzene rings is 2. The van der Waals surface area contributed by atoms with Gasteiger partial charge < -0.3 is 15.6 Å². The van der Waals surface area contributed by atoms with Crippen LogP contribution >= 0.6 is 0 Å². The number of nitrogens with one attached hydrogen (secondary N) is 2. The zero-order valence-corrected chi connectivity index (χ0v) is 22.3. The molecule has 1 fully saturated rings. The van der Waals surface area contributed by atoms with E-state index in [9.17, 15) is 4.79 Å². The highest BCUT2D eigenvalue weighted by Crippen LogP contribution is 2.33. The maximum atomic E-state index is 13.2. The Morgan fingerprint density at radius 2 is 1.86 bits per heavy atom. The zero-order valence-electron chi connectivity index (χ0n) is 22.3. The highest BCUT2D eigenvalue weighted by Gasteiger charge is 2.36. The van der Waals surface area contributed by atoms with Gasteiger partial charge in [-0.2, -0.15) is 0 Å². The number of anilines is 2. The lowest BCUT2D eigenvalue weighted by atomic mass is 9.97. The lowest BCUT2D eigenvalue weighted by Crippen LogP contribution is -2.51. The number of nitrogens with zero attached hydrogens (tertiary/aromatic N) is 4.